The minimum absolute atomic E-state index is 0.304. The molecule has 2 aromatic heterocycles. The maximum Gasteiger partial charge on any atom is 0.0655 e. The van der Waals surface area contributed by atoms with Gasteiger partial charge in [0.15, 0.2) is 0 Å². The molecule has 0 radical (unpaired) electrons. The van der Waals surface area contributed by atoms with Crippen LogP contribution in [0.1, 0.15) is 56.0 Å². The number of anilines is 1. The SMILES string of the molecule is C1=CC(c2cccc3c2sc2ccccc23)NCN1.C=C/C=C(\C=C(/C)c1ccccc1NC)c1ccc2c(c1)c1ccccc1n2/C=C\C=C/C.CC.Cc1ccccc1. The van der Waals surface area contributed by atoms with E-state index in [1.54, 1.807) is 0 Å². The van der Waals surface area contributed by atoms with Gasteiger partial charge in [-0.2, -0.15) is 0 Å². The fourth-order valence-electron chi connectivity index (χ4n) is 7.52. The average molecular weight is 819 g/mol. The first kappa shape index (κ1) is 43.9. The van der Waals surface area contributed by atoms with Crippen LogP contribution in [0, 0.1) is 6.92 Å². The third kappa shape index (κ3) is 10.6. The zero-order valence-corrected chi connectivity index (χ0v) is 37.1. The molecule has 0 aliphatic carbocycles. The van der Waals surface area contributed by atoms with Crippen LogP contribution in [0.5, 0.6) is 0 Å². The summed E-state index contributed by atoms with van der Waals surface area (Å²) in [5.74, 6) is 0. The number of aryl methyl sites for hydroxylation is 1. The van der Waals surface area contributed by atoms with E-state index in [4.69, 9.17) is 0 Å². The van der Waals surface area contributed by atoms with Crippen LogP contribution < -0.4 is 16.0 Å². The largest absolute Gasteiger partial charge is 0.388 e. The lowest BCUT2D eigenvalue weighted by atomic mass is 9.97. The molecule has 0 spiro atoms. The third-order valence-corrected chi connectivity index (χ3v) is 11.6. The monoisotopic (exact) mass is 818 g/mol. The number of thiophene rings is 1. The number of hydrogen-bond donors (Lipinski definition) is 3. The van der Waals surface area contributed by atoms with E-state index in [0.29, 0.717) is 6.04 Å². The normalized spacial score (nSPS) is 14.0. The molecule has 1 aliphatic heterocycles. The Morgan fingerprint density at radius 2 is 1.48 bits per heavy atom. The van der Waals surface area contributed by atoms with E-state index in [9.17, 15) is 0 Å². The number of para-hydroxylation sites is 2. The number of hydrogen-bond acceptors (Lipinski definition) is 4. The minimum Gasteiger partial charge on any atom is -0.388 e. The highest BCUT2D eigenvalue weighted by Gasteiger charge is 2.16. The Balaban J connectivity index is 0.000000184. The molecule has 3 heterocycles. The first-order chi connectivity index (χ1) is 30.0. The van der Waals surface area contributed by atoms with Crippen molar-refractivity contribution in [1.29, 1.82) is 0 Å². The zero-order chi connectivity index (χ0) is 43.0. The molecular formula is C56H58N4S. The average Bonchev–Trinajstić information content (AvgIpc) is 3.86. The standard InChI is InChI=1S/C31H30N2.C16H14N2S.C7H8.C2H6/c1-5-7-12-20-33-30-17-11-9-15-27(30)28-22-25(18-19-31(28)33)24(13-6-2)21-23(3)26-14-8-10-16-29(26)32-4;1-2-7-15-11(4-1)12-5-3-6-13(16(12)19-15)14-8-9-17-10-18-14;1-7-5-3-2-4-6-7;1-2/h5-22,32H,2H2,1,3-4H3;1-9,14,17-18H,10H2;2-6H,1H3;1-2H3/b7-5-,20-12-,23-21+,24-13+;;;. The van der Waals surface area contributed by atoms with Crippen molar-refractivity contribution in [3.8, 4) is 0 Å². The van der Waals surface area contributed by atoms with Gasteiger partial charge in [-0.3, -0.25) is 5.32 Å². The molecule has 4 nitrogen and oxygen atoms in total. The van der Waals surface area contributed by atoms with Crippen LogP contribution in [0.3, 0.4) is 0 Å². The molecule has 308 valence electrons. The Morgan fingerprint density at radius 1 is 0.770 bits per heavy atom. The fourth-order valence-corrected chi connectivity index (χ4v) is 8.78. The maximum atomic E-state index is 3.96. The highest BCUT2D eigenvalue weighted by molar-refractivity contribution is 7.26. The first-order valence-electron chi connectivity index (χ1n) is 21.2. The lowest BCUT2D eigenvalue weighted by Gasteiger charge is -2.20. The molecule has 61 heavy (non-hydrogen) atoms. The number of nitrogens with zero attached hydrogens (tertiary/aromatic N) is 1. The molecule has 0 amide bonds. The van der Waals surface area contributed by atoms with E-state index in [0.717, 1.165) is 17.9 Å². The van der Waals surface area contributed by atoms with Crippen LogP contribution >= 0.6 is 11.3 Å². The van der Waals surface area contributed by atoms with Crippen LogP contribution in [0.15, 0.2) is 195 Å². The van der Waals surface area contributed by atoms with E-state index < -0.39 is 0 Å². The van der Waals surface area contributed by atoms with Gasteiger partial charge in [0.1, 0.15) is 0 Å². The van der Waals surface area contributed by atoms with Crippen molar-refractivity contribution in [2.24, 2.45) is 0 Å². The van der Waals surface area contributed by atoms with Crippen molar-refractivity contribution >= 4 is 76.3 Å². The molecule has 1 atom stereocenters. The van der Waals surface area contributed by atoms with Crippen molar-refractivity contribution in [2.75, 3.05) is 19.0 Å². The second-order valence-corrected chi connectivity index (χ2v) is 15.4. The van der Waals surface area contributed by atoms with Crippen LogP contribution in [0.25, 0.3) is 59.3 Å². The van der Waals surface area contributed by atoms with Gasteiger partial charge in [0.25, 0.3) is 0 Å². The molecule has 0 bridgehead atoms. The van der Waals surface area contributed by atoms with Gasteiger partial charge in [-0.05, 0) is 91.7 Å². The lowest BCUT2D eigenvalue weighted by Crippen LogP contribution is -2.32. The van der Waals surface area contributed by atoms with Crippen LogP contribution in [0.2, 0.25) is 0 Å². The second-order valence-electron chi connectivity index (χ2n) is 14.4. The topological polar surface area (TPSA) is 41.0 Å². The summed E-state index contributed by atoms with van der Waals surface area (Å²) >= 11 is 1.89. The predicted octanol–water partition coefficient (Wildman–Crippen LogP) is 15.3. The van der Waals surface area contributed by atoms with E-state index in [1.807, 2.05) is 75.7 Å². The number of aromatic nitrogens is 1. The zero-order valence-electron chi connectivity index (χ0n) is 36.3. The summed E-state index contributed by atoms with van der Waals surface area (Å²) < 4.78 is 5.02. The lowest BCUT2D eigenvalue weighted by molar-refractivity contribution is 0.567. The molecule has 1 unspecified atom stereocenters. The van der Waals surface area contributed by atoms with E-state index in [2.05, 4.69) is 199 Å². The van der Waals surface area contributed by atoms with Crippen molar-refractivity contribution in [3.05, 3.63) is 217 Å². The Kier molecular flexibility index (Phi) is 15.9. The van der Waals surface area contributed by atoms with Crippen LogP contribution in [-0.4, -0.2) is 18.3 Å². The number of fused-ring (bicyclic) bond motifs is 6. The van der Waals surface area contributed by atoms with E-state index >= 15 is 0 Å². The van der Waals surface area contributed by atoms with Crippen molar-refractivity contribution in [2.45, 2.75) is 40.7 Å². The summed E-state index contributed by atoms with van der Waals surface area (Å²) in [5, 5.41) is 15.2. The molecule has 8 aromatic rings. The number of rotatable bonds is 8. The van der Waals surface area contributed by atoms with E-state index in [-0.39, 0.29) is 0 Å². The minimum atomic E-state index is 0.304. The maximum absolute atomic E-state index is 3.96. The van der Waals surface area contributed by atoms with E-state index in [1.165, 1.54) is 69.8 Å². The van der Waals surface area contributed by atoms with Gasteiger partial charge in [0.2, 0.25) is 0 Å². The van der Waals surface area contributed by atoms with Crippen LogP contribution in [-0.2, 0) is 0 Å². The summed E-state index contributed by atoms with van der Waals surface area (Å²) in [5.41, 5.74) is 10.9. The van der Waals surface area contributed by atoms with Gasteiger partial charge in [-0.1, -0.05) is 166 Å². The van der Waals surface area contributed by atoms with Gasteiger partial charge < -0.3 is 15.2 Å². The Hall–Kier alpha value is -6.66. The van der Waals surface area contributed by atoms with Crippen LogP contribution in [0.4, 0.5) is 5.69 Å². The Morgan fingerprint density at radius 3 is 2.20 bits per heavy atom. The summed E-state index contributed by atoms with van der Waals surface area (Å²) in [6.45, 7) is 15.0. The molecule has 9 rings (SSSR count). The number of nitrogens with one attached hydrogen (secondary N) is 3. The first-order valence-corrected chi connectivity index (χ1v) is 22.0. The molecule has 3 N–H and O–H groups in total. The molecule has 0 fully saturated rings. The molecule has 1 aliphatic rings. The highest BCUT2D eigenvalue weighted by atomic mass is 32.1. The summed E-state index contributed by atoms with van der Waals surface area (Å²) in [6, 6.07) is 49.5. The molecule has 0 saturated heterocycles. The predicted molar refractivity (Wildman–Crippen MR) is 272 cm³/mol. The molecular weight excluding hydrogens is 761 g/mol. The fraction of sp³-hybridized carbons (Fsp3) is 0.143. The van der Waals surface area contributed by atoms with Gasteiger partial charge in [0.05, 0.1) is 23.7 Å². The quantitative estimate of drug-likeness (QED) is 0.134. The summed E-state index contributed by atoms with van der Waals surface area (Å²) in [4.78, 5) is 0. The number of allylic oxidation sites excluding steroid dienone is 8. The van der Waals surface area contributed by atoms with Gasteiger partial charge in [-0.15, -0.1) is 11.3 Å². The molecule has 5 heteroatoms. The van der Waals surface area contributed by atoms with Gasteiger partial charge in [-0.25, -0.2) is 0 Å². The Bertz CT molecular complexity index is 2850. The summed E-state index contributed by atoms with van der Waals surface area (Å²) in [6.07, 6.45) is 18.7. The van der Waals surface area contributed by atoms with Gasteiger partial charge in [0, 0.05) is 55.4 Å². The second kappa shape index (κ2) is 22.1. The Labute approximate surface area is 366 Å². The van der Waals surface area contributed by atoms with Crippen molar-refractivity contribution in [3.63, 3.8) is 0 Å². The van der Waals surface area contributed by atoms with Crippen molar-refractivity contribution < 1.29 is 0 Å². The summed E-state index contributed by atoms with van der Waals surface area (Å²) in [7, 11) is 1.96. The van der Waals surface area contributed by atoms with Gasteiger partial charge >= 0.3 is 0 Å². The number of benzene rings is 6. The highest BCUT2D eigenvalue weighted by Crippen LogP contribution is 2.38. The molecule has 6 aromatic carbocycles. The molecule has 0 saturated carbocycles. The smallest absolute Gasteiger partial charge is 0.0655 e. The van der Waals surface area contributed by atoms with Crippen molar-refractivity contribution in [1.82, 2.24) is 15.2 Å². The third-order valence-electron chi connectivity index (χ3n) is 10.4.